The van der Waals surface area contributed by atoms with E-state index in [1.165, 1.54) is 0 Å². The number of carbonyl (C=O) groups excluding carboxylic acids is 1. The number of nitrogens with zero attached hydrogens (tertiary/aromatic N) is 1. The fourth-order valence-corrected chi connectivity index (χ4v) is 3.29. The first-order valence-corrected chi connectivity index (χ1v) is 5.86. The Labute approximate surface area is 96.6 Å². The SMILES string of the molecule is C=CC[C@]1(C#N)CC=C2C(=O)CCC[C@@]21C. The maximum absolute atomic E-state index is 11.9. The Kier molecular flexibility index (Phi) is 2.50. The van der Waals surface area contributed by atoms with E-state index in [-0.39, 0.29) is 11.2 Å². The summed E-state index contributed by atoms with van der Waals surface area (Å²) in [5.74, 6) is 0.245. The second kappa shape index (κ2) is 3.59. The molecule has 1 fully saturated rings. The van der Waals surface area contributed by atoms with Gasteiger partial charge in [0, 0.05) is 11.8 Å². The molecule has 0 unspecified atom stereocenters. The minimum Gasteiger partial charge on any atom is -0.295 e. The monoisotopic (exact) mass is 215 g/mol. The van der Waals surface area contributed by atoms with Gasteiger partial charge in [-0.05, 0) is 31.3 Å². The first-order valence-electron chi connectivity index (χ1n) is 5.86. The van der Waals surface area contributed by atoms with E-state index >= 15 is 0 Å². The van der Waals surface area contributed by atoms with Gasteiger partial charge in [0.2, 0.25) is 0 Å². The molecule has 0 saturated heterocycles. The van der Waals surface area contributed by atoms with Crippen LogP contribution in [0.3, 0.4) is 0 Å². The van der Waals surface area contributed by atoms with Crippen LogP contribution in [0.1, 0.15) is 39.0 Å². The number of Topliss-reactive ketones (excluding diaryl/α,β-unsaturated/α-hetero) is 1. The van der Waals surface area contributed by atoms with Crippen molar-refractivity contribution in [2.24, 2.45) is 10.8 Å². The van der Waals surface area contributed by atoms with Crippen molar-refractivity contribution in [1.82, 2.24) is 0 Å². The van der Waals surface area contributed by atoms with Crippen LogP contribution in [0, 0.1) is 22.2 Å². The van der Waals surface area contributed by atoms with Crippen LogP contribution in [0.25, 0.3) is 0 Å². The molecular formula is C14H17NO. The highest BCUT2D eigenvalue weighted by Crippen LogP contribution is 2.59. The molecule has 0 aromatic rings. The lowest BCUT2D eigenvalue weighted by Crippen LogP contribution is -2.40. The Hall–Kier alpha value is -1.36. The van der Waals surface area contributed by atoms with E-state index in [2.05, 4.69) is 19.6 Å². The Morgan fingerprint density at radius 2 is 2.44 bits per heavy atom. The normalized spacial score (nSPS) is 37.5. The predicted molar refractivity (Wildman–Crippen MR) is 62.5 cm³/mol. The van der Waals surface area contributed by atoms with Gasteiger partial charge in [-0.2, -0.15) is 5.26 Å². The Balaban J connectivity index is 2.45. The van der Waals surface area contributed by atoms with Crippen LogP contribution < -0.4 is 0 Å². The van der Waals surface area contributed by atoms with E-state index in [1.807, 2.05) is 12.2 Å². The molecule has 2 nitrogen and oxygen atoms in total. The number of nitriles is 1. The van der Waals surface area contributed by atoms with E-state index in [1.54, 1.807) is 0 Å². The van der Waals surface area contributed by atoms with Crippen molar-refractivity contribution in [1.29, 1.82) is 5.26 Å². The van der Waals surface area contributed by atoms with Crippen molar-refractivity contribution in [3.63, 3.8) is 0 Å². The molecule has 0 aromatic heterocycles. The molecule has 16 heavy (non-hydrogen) atoms. The Morgan fingerprint density at radius 3 is 3.06 bits per heavy atom. The van der Waals surface area contributed by atoms with E-state index in [9.17, 15) is 10.1 Å². The number of allylic oxidation sites excluding steroid dienone is 3. The van der Waals surface area contributed by atoms with Crippen LogP contribution in [-0.4, -0.2) is 5.78 Å². The van der Waals surface area contributed by atoms with Gasteiger partial charge in [0.05, 0.1) is 11.5 Å². The summed E-state index contributed by atoms with van der Waals surface area (Å²) in [7, 11) is 0. The van der Waals surface area contributed by atoms with E-state index in [0.717, 1.165) is 18.4 Å². The van der Waals surface area contributed by atoms with Gasteiger partial charge in [0.1, 0.15) is 0 Å². The topological polar surface area (TPSA) is 40.9 Å². The summed E-state index contributed by atoms with van der Waals surface area (Å²) >= 11 is 0. The molecule has 0 radical (unpaired) electrons. The van der Waals surface area contributed by atoms with Crippen LogP contribution in [0.15, 0.2) is 24.3 Å². The standard InChI is InChI=1S/C14H17NO/c1-3-7-14(10-15)9-6-11-12(16)5-4-8-13(11,14)2/h3,6H,1,4-5,7-9H2,2H3/t13-,14+/m0/s1. The number of rotatable bonds is 2. The zero-order chi connectivity index (χ0) is 11.8. The molecule has 0 bridgehead atoms. The molecule has 0 aliphatic heterocycles. The van der Waals surface area contributed by atoms with Crippen LogP contribution >= 0.6 is 0 Å². The molecule has 2 rings (SSSR count). The highest BCUT2D eigenvalue weighted by molar-refractivity contribution is 5.98. The van der Waals surface area contributed by atoms with Crippen LogP contribution in [0.2, 0.25) is 0 Å². The van der Waals surface area contributed by atoms with E-state index < -0.39 is 5.41 Å². The third-order valence-corrected chi connectivity index (χ3v) is 4.39. The van der Waals surface area contributed by atoms with Gasteiger partial charge in [0.15, 0.2) is 5.78 Å². The summed E-state index contributed by atoms with van der Waals surface area (Å²) in [6.45, 7) is 5.82. The highest BCUT2D eigenvalue weighted by atomic mass is 16.1. The maximum Gasteiger partial charge on any atom is 0.159 e. The third-order valence-electron chi connectivity index (χ3n) is 4.39. The van der Waals surface area contributed by atoms with E-state index in [4.69, 9.17) is 0 Å². The lowest BCUT2D eigenvalue weighted by molar-refractivity contribution is -0.118. The number of hydrogen-bond donors (Lipinski definition) is 0. The quantitative estimate of drug-likeness (QED) is 0.664. The average Bonchev–Trinajstić information content (AvgIpc) is 2.55. The smallest absolute Gasteiger partial charge is 0.159 e. The molecule has 0 N–H and O–H groups in total. The second-order valence-corrected chi connectivity index (χ2v) is 5.12. The zero-order valence-corrected chi connectivity index (χ0v) is 9.75. The van der Waals surface area contributed by atoms with Gasteiger partial charge in [-0.25, -0.2) is 0 Å². The Morgan fingerprint density at radius 1 is 1.69 bits per heavy atom. The first-order chi connectivity index (χ1) is 7.59. The molecule has 1 saturated carbocycles. The molecule has 0 aromatic carbocycles. The second-order valence-electron chi connectivity index (χ2n) is 5.12. The molecule has 0 heterocycles. The summed E-state index contributed by atoms with van der Waals surface area (Å²) in [4.78, 5) is 11.9. The number of hydrogen-bond acceptors (Lipinski definition) is 2. The van der Waals surface area contributed by atoms with E-state index in [0.29, 0.717) is 19.3 Å². The molecule has 2 atom stereocenters. The Bertz CT molecular complexity index is 415. The fraction of sp³-hybridized carbons (Fsp3) is 0.571. The highest BCUT2D eigenvalue weighted by Gasteiger charge is 2.55. The van der Waals surface area contributed by atoms with Crippen molar-refractivity contribution >= 4 is 5.78 Å². The number of ketones is 1. The summed E-state index contributed by atoms with van der Waals surface area (Å²) in [5.41, 5.74) is 0.230. The minimum absolute atomic E-state index is 0.245. The first kappa shape index (κ1) is 11.1. The van der Waals surface area contributed by atoms with Gasteiger partial charge in [0.25, 0.3) is 0 Å². The lowest BCUT2D eigenvalue weighted by atomic mass is 9.58. The fourth-order valence-electron chi connectivity index (χ4n) is 3.29. The number of fused-ring (bicyclic) bond motifs is 1. The van der Waals surface area contributed by atoms with Gasteiger partial charge in [-0.15, -0.1) is 6.58 Å². The molecule has 2 aliphatic rings. The molecule has 0 spiro atoms. The maximum atomic E-state index is 11.9. The van der Waals surface area contributed by atoms with Crippen molar-refractivity contribution in [3.8, 4) is 6.07 Å². The molecule has 84 valence electrons. The molecule has 2 aliphatic carbocycles. The van der Waals surface area contributed by atoms with Gasteiger partial charge < -0.3 is 0 Å². The van der Waals surface area contributed by atoms with Crippen molar-refractivity contribution < 1.29 is 4.79 Å². The number of carbonyl (C=O) groups is 1. The van der Waals surface area contributed by atoms with Gasteiger partial charge in [-0.1, -0.05) is 19.1 Å². The molecule has 0 amide bonds. The van der Waals surface area contributed by atoms with Crippen LogP contribution in [0.5, 0.6) is 0 Å². The average molecular weight is 215 g/mol. The van der Waals surface area contributed by atoms with Gasteiger partial charge in [-0.3, -0.25) is 4.79 Å². The largest absolute Gasteiger partial charge is 0.295 e. The molecular weight excluding hydrogens is 198 g/mol. The zero-order valence-electron chi connectivity index (χ0n) is 9.75. The summed E-state index contributed by atoms with van der Waals surface area (Å²) in [6, 6.07) is 2.46. The van der Waals surface area contributed by atoms with Crippen LogP contribution in [-0.2, 0) is 4.79 Å². The summed E-state index contributed by atoms with van der Waals surface area (Å²) in [5, 5.41) is 9.50. The van der Waals surface area contributed by atoms with Crippen molar-refractivity contribution in [2.75, 3.05) is 0 Å². The molecule has 2 heteroatoms. The van der Waals surface area contributed by atoms with Crippen LogP contribution in [0.4, 0.5) is 0 Å². The lowest BCUT2D eigenvalue weighted by Gasteiger charge is -2.42. The van der Waals surface area contributed by atoms with Gasteiger partial charge >= 0.3 is 0 Å². The predicted octanol–water partition coefficient (Wildman–Crippen LogP) is 3.16. The minimum atomic E-state index is -0.430. The van der Waals surface area contributed by atoms with Crippen molar-refractivity contribution in [3.05, 3.63) is 24.3 Å². The third kappa shape index (κ3) is 1.21. The summed E-state index contributed by atoms with van der Waals surface area (Å²) < 4.78 is 0. The van der Waals surface area contributed by atoms with Crippen molar-refractivity contribution in [2.45, 2.75) is 39.0 Å². The summed E-state index contributed by atoms with van der Waals surface area (Å²) in [6.07, 6.45) is 7.69.